The Morgan fingerprint density at radius 1 is 1.45 bits per heavy atom. The smallest absolute Gasteiger partial charge is 0.274 e. The van der Waals surface area contributed by atoms with E-state index >= 15 is 0 Å². The Labute approximate surface area is 129 Å². The Balaban J connectivity index is 1.71. The second kappa shape index (κ2) is 5.92. The third-order valence-corrected chi connectivity index (χ3v) is 4.04. The minimum atomic E-state index is -0.0322. The Hall–Kier alpha value is -2.15. The second-order valence-electron chi connectivity index (χ2n) is 5.89. The number of aromatic amines is 1. The first kappa shape index (κ1) is 14.8. The normalized spacial score (nSPS) is 14.9. The number of carbonyl (C=O) groups excluding carboxylic acids is 1. The highest BCUT2D eigenvalue weighted by atomic mass is 16.2. The molecule has 2 aromatic heterocycles. The van der Waals surface area contributed by atoms with Crippen molar-refractivity contribution >= 4 is 5.91 Å². The van der Waals surface area contributed by atoms with Crippen LogP contribution in [0.5, 0.6) is 0 Å². The Bertz CT molecular complexity index is 671. The summed E-state index contributed by atoms with van der Waals surface area (Å²) in [5, 5.41) is 11.6. The molecule has 0 bridgehead atoms. The maximum atomic E-state index is 12.1. The van der Waals surface area contributed by atoms with Crippen LogP contribution in [0.15, 0.2) is 12.4 Å². The summed E-state index contributed by atoms with van der Waals surface area (Å²) < 4.78 is 1.94. The molecule has 22 heavy (non-hydrogen) atoms. The summed E-state index contributed by atoms with van der Waals surface area (Å²) in [4.78, 5) is 16.0. The van der Waals surface area contributed by atoms with Gasteiger partial charge in [-0.15, -0.1) is 0 Å². The minimum absolute atomic E-state index is 0.0322. The van der Waals surface area contributed by atoms with Crippen molar-refractivity contribution in [2.24, 2.45) is 0 Å². The molecule has 0 saturated heterocycles. The third kappa shape index (κ3) is 2.76. The number of rotatable bonds is 4. The van der Waals surface area contributed by atoms with Gasteiger partial charge in [0.15, 0.2) is 5.69 Å². The first-order valence-corrected chi connectivity index (χ1v) is 7.60. The molecule has 0 saturated carbocycles. The molecule has 7 heteroatoms. The number of aryl methyl sites for hydroxylation is 1. The van der Waals surface area contributed by atoms with E-state index in [4.69, 9.17) is 0 Å². The summed E-state index contributed by atoms with van der Waals surface area (Å²) in [6.45, 7) is 5.56. The van der Waals surface area contributed by atoms with Gasteiger partial charge >= 0.3 is 0 Å². The van der Waals surface area contributed by atoms with Crippen molar-refractivity contribution in [1.29, 1.82) is 0 Å². The molecule has 7 nitrogen and oxygen atoms in total. The lowest BCUT2D eigenvalue weighted by Gasteiger charge is -2.26. The Morgan fingerprint density at radius 3 is 2.95 bits per heavy atom. The minimum Gasteiger partial charge on any atom is -0.343 e. The van der Waals surface area contributed by atoms with Crippen LogP contribution in [0.1, 0.15) is 34.2 Å². The van der Waals surface area contributed by atoms with Crippen LogP contribution in [-0.4, -0.2) is 56.3 Å². The van der Waals surface area contributed by atoms with Gasteiger partial charge in [-0.1, -0.05) is 0 Å². The van der Waals surface area contributed by atoms with E-state index in [1.165, 1.54) is 5.56 Å². The van der Waals surface area contributed by atoms with Gasteiger partial charge in [-0.05, 0) is 13.3 Å². The van der Waals surface area contributed by atoms with Crippen LogP contribution in [0.2, 0.25) is 0 Å². The number of H-pyrrole nitrogens is 1. The molecule has 1 N–H and O–H groups in total. The zero-order valence-corrected chi connectivity index (χ0v) is 13.3. The summed E-state index contributed by atoms with van der Waals surface area (Å²) in [5.74, 6) is -0.0322. The van der Waals surface area contributed by atoms with Gasteiger partial charge in [-0.2, -0.15) is 10.2 Å². The van der Waals surface area contributed by atoms with E-state index in [0.29, 0.717) is 5.69 Å². The maximum Gasteiger partial charge on any atom is 0.274 e. The number of amides is 1. The highest BCUT2D eigenvalue weighted by Crippen LogP contribution is 2.22. The highest BCUT2D eigenvalue weighted by molar-refractivity contribution is 5.93. The second-order valence-corrected chi connectivity index (χ2v) is 5.89. The summed E-state index contributed by atoms with van der Waals surface area (Å²) in [6.07, 6.45) is 4.86. The zero-order chi connectivity index (χ0) is 15.7. The lowest BCUT2D eigenvalue weighted by atomic mass is 10.0. The molecule has 0 spiro atoms. The largest absolute Gasteiger partial charge is 0.343 e. The van der Waals surface area contributed by atoms with Crippen molar-refractivity contribution in [2.45, 2.75) is 33.0 Å². The van der Waals surface area contributed by atoms with Gasteiger partial charge < -0.3 is 4.90 Å². The van der Waals surface area contributed by atoms with Crippen molar-refractivity contribution in [3.05, 3.63) is 34.9 Å². The number of hydrogen-bond acceptors (Lipinski definition) is 4. The lowest BCUT2D eigenvalue weighted by Crippen LogP contribution is -2.31. The summed E-state index contributed by atoms with van der Waals surface area (Å²) in [7, 11) is 3.51. The van der Waals surface area contributed by atoms with Gasteiger partial charge in [0.25, 0.3) is 5.91 Å². The van der Waals surface area contributed by atoms with Crippen LogP contribution in [0.4, 0.5) is 0 Å². The van der Waals surface area contributed by atoms with Gasteiger partial charge in [0, 0.05) is 57.6 Å². The van der Waals surface area contributed by atoms with Gasteiger partial charge in [0.05, 0.1) is 11.9 Å². The molecule has 0 aliphatic carbocycles. The van der Waals surface area contributed by atoms with E-state index in [1.54, 1.807) is 19.0 Å². The maximum absolute atomic E-state index is 12.1. The molecular weight excluding hydrogens is 280 g/mol. The quantitative estimate of drug-likeness (QED) is 0.910. The number of nitrogens with one attached hydrogen (secondary N) is 1. The molecule has 0 atom stereocenters. The Kier molecular flexibility index (Phi) is 3.98. The fraction of sp³-hybridized carbons (Fsp3) is 0.533. The Morgan fingerprint density at radius 2 is 2.27 bits per heavy atom. The van der Waals surface area contributed by atoms with Gasteiger partial charge in [-0.25, -0.2) is 0 Å². The third-order valence-electron chi connectivity index (χ3n) is 4.04. The van der Waals surface area contributed by atoms with E-state index < -0.39 is 0 Å². The molecule has 118 valence electrons. The number of aromatic nitrogens is 4. The number of carbonyl (C=O) groups is 1. The van der Waals surface area contributed by atoms with Crippen LogP contribution in [0.3, 0.4) is 0 Å². The topological polar surface area (TPSA) is 70.1 Å². The van der Waals surface area contributed by atoms with Crippen LogP contribution in [-0.2, 0) is 26.1 Å². The number of nitrogens with zero attached hydrogens (tertiary/aromatic N) is 5. The first-order chi connectivity index (χ1) is 10.6. The molecule has 0 radical (unpaired) electrons. The first-order valence-electron chi connectivity index (χ1n) is 7.60. The van der Waals surface area contributed by atoms with Crippen molar-refractivity contribution in [3.8, 4) is 0 Å². The SMILES string of the molecule is CCn1cc(CN2CCc3c(C(=O)N(C)C)n[nH]c3C2)cn1. The van der Waals surface area contributed by atoms with E-state index in [-0.39, 0.29) is 5.91 Å². The van der Waals surface area contributed by atoms with Crippen LogP contribution < -0.4 is 0 Å². The number of fused-ring (bicyclic) bond motifs is 1. The standard InChI is InChI=1S/C15H22N6O/c1-4-21-9-11(7-16-21)8-20-6-5-12-13(10-20)17-18-14(12)15(22)19(2)3/h7,9H,4-6,8,10H2,1-3H3,(H,17,18). The number of hydrogen-bond donors (Lipinski definition) is 1. The van der Waals surface area contributed by atoms with Crippen LogP contribution in [0.25, 0.3) is 0 Å². The molecule has 0 fully saturated rings. The van der Waals surface area contributed by atoms with Crippen LogP contribution in [0, 0.1) is 0 Å². The molecule has 2 aromatic rings. The fourth-order valence-electron chi connectivity index (χ4n) is 2.82. The average molecular weight is 302 g/mol. The molecule has 1 amide bonds. The molecule has 3 heterocycles. The predicted molar refractivity (Wildman–Crippen MR) is 82.3 cm³/mol. The van der Waals surface area contributed by atoms with E-state index in [9.17, 15) is 4.79 Å². The predicted octanol–water partition coefficient (Wildman–Crippen LogP) is 0.886. The van der Waals surface area contributed by atoms with Crippen LogP contribution >= 0.6 is 0 Å². The fourth-order valence-corrected chi connectivity index (χ4v) is 2.82. The molecular formula is C15H22N6O. The van der Waals surface area contributed by atoms with Crippen molar-refractivity contribution in [3.63, 3.8) is 0 Å². The van der Waals surface area contributed by atoms with Gasteiger partial charge in [0.1, 0.15) is 0 Å². The van der Waals surface area contributed by atoms with Gasteiger partial charge in [-0.3, -0.25) is 19.5 Å². The van der Waals surface area contributed by atoms with Crippen molar-refractivity contribution in [1.82, 2.24) is 29.8 Å². The van der Waals surface area contributed by atoms with E-state index in [2.05, 4.69) is 33.3 Å². The molecule has 3 rings (SSSR count). The molecule has 1 aliphatic rings. The van der Waals surface area contributed by atoms with Gasteiger partial charge in [0.2, 0.25) is 0 Å². The molecule has 1 aliphatic heterocycles. The van der Waals surface area contributed by atoms with E-state index in [1.807, 2.05) is 10.9 Å². The highest BCUT2D eigenvalue weighted by Gasteiger charge is 2.25. The monoisotopic (exact) mass is 302 g/mol. The molecule has 0 aromatic carbocycles. The molecule has 0 unspecified atom stereocenters. The van der Waals surface area contributed by atoms with Crippen molar-refractivity contribution < 1.29 is 4.79 Å². The van der Waals surface area contributed by atoms with Crippen molar-refractivity contribution in [2.75, 3.05) is 20.6 Å². The summed E-state index contributed by atoms with van der Waals surface area (Å²) in [6, 6.07) is 0. The average Bonchev–Trinajstić information content (AvgIpc) is 3.12. The lowest BCUT2D eigenvalue weighted by molar-refractivity contribution is 0.0820. The zero-order valence-electron chi connectivity index (χ0n) is 13.3. The van der Waals surface area contributed by atoms with E-state index in [0.717, 1.165) is 43.9 Å². The summed E-state index contributed by atoms with van der Waals surface area (Å²) in [5.41, 5.74) is 3.91. The summed E-state index contributed by atoms with van der Waals surface area (Å²) >= 11 is 0.